The van der Waals surface area contributed by atoms with Gasteiger partial charge in [-0.1, -0.05) is 13.2 Å². The number of rotatable bonds is 4. The van der Waals surface area contributed by atoms with Gasteiger partial charge in [0.2, 0.25) is 5.91 Å². The lowest BCUT2D eigenvalue weighted by molar-refractivity contribution is -0.455. The SMILES string of the molecule is C=CC(=O)OOOC(=O)C=C.O=C1CNC(=O)N1. The van der Waals surface area contributed by atoms with Gasteiger partial charge in [-0.2, -0.15) is 0 Å². The van der Waals surface area contributed by atoms with Crippen molar-refractivity contribution in [2.75, 3.05) is 6.54 Å². The van der Waals surface area contributed by atoms with Gasteiger partial charge in [-0.15, -0.1) is 0 Å². The van der Waals surface area contributed by atoms with Crippen LogP contribution in [0.15, 0.2) is 25.3 Å². The van der Waals surface area contributed by atoms with E-state index in [-0.39, 0.29) is 12.5 Å². The molecular weight excluding hydrogens is 248 g/mol. The van der Waals surface area contributed by atoms with Gasteiger partial charge in [0.25, 0.3) is 0 Å². The van der Waals surface area contributed by atoms with Crippen molar-refractivity contribution in [2.45, 2.75) is 0 Å². The zero-order chi connectivity index (χ0) is 14.0. The first-order valence-corrected chi connectivity index (χ1v) is 4.41. The summed E-state index contributed by atoms with van der Waals surface area (Å²) >= 11 is 0. The number of amides is 3. The summed E-state index contributed by atoms with van der Waals surface area (Å²) in [7, 11) is 0. The molecule has 0 aliphatic carbocycles. The second-order valence-electron chi connectivity index (χ2n) is 2.51. The fraction of sp³-hybridized carbons (Fsp3) is 0.111. The van der Waals surface area contributed by atoms with Gasteiger partial charge in [-0.05, 0) is 0 Å². The molecule has 9 nitrogen and oxygen atoms in total. The molecule has 0 unspecified atom stereocenters. The number of hydrogen-bond donors (Lipinski definition) is 2. The van der Waals surface area contributed by atoms with Crippen LogP contribution >= 0.6 is 0 Å². The molecule has 18 heavy (non-hydrogen) atoms. The van der Waals surface area contributed by atoms with Crippen LogP contribution < -0.4 is 10.6 Å². The number of hydrogen-bond acceptors (Lipinski definition) is 7. The number of urea groups is 1. The van der Waals surface area contributed by atoms with Crippen molar-refractivity contribution < 1.29 is 34.0 Å². The van der Waals surface area contributed by atoms with Gasteiger partial charge in [0.05, 0.1) is 6.54 Å². The minimum Gasteiger partial charge on any atom is -0.329 e. The van der Waals surface area contributed by atoms with Crippen molar-refractivity contribution in [3.8, 4) is 0 Å². The topological polar surface area (TPSA) is 120 Å². The van der Waals surface area contributed by atoms with E-state index in [4.69, 9.17) is 0 Å². The molecule has 2 N–H and O–H groups in total. The Morgan fingerprint density at radius 2 is 1.61 bits per heavy atom. The number of carbonyl (C=O) groups excluding carboxylic acids is 4. The zero-order valence-corrected chi connectivity index (χ0v) is 9.13. The standard InChI is InChI=1S/C6H6O5.C3H4N2O2/c1-3-5(7)9-11-10-6(8)4-2;6-2-1-4-3(7)5-2/h3-4H,1-2H2;1H2,(H2,4,5,6,7). The number of carbonyl (C=O) groups is 4. The first kappa shape index (κ1) is 15.3. The molecule has 1 fully saturated rings. The van der Waals surface area contributed by atoms with Gasteiger partial charge in [0, 0.05) is 17.2 Å². The lowest BCUT2D eigenvalue weighted by Gasteiger charge is -1.95. The Morgan fingerprint density at radius 1 is 1.11 bits per heavy atom. The van der Waals surface area contributed by atoms with E-state index in [1.54, 1.807) is 0 Å². The molecule has 0 saturated carbocycles. The molecular formula is C9H10N2O7. The summed E-state index contributed by atoms with van der Waals surface area (Å²) in [6, 6.07) is -0.398. The van der Waals surface area contributed by atoms with Crippen molar-refractivity contribution >= 4 is 23.9 Å². The number of imide groups is 1. The summed E-state index contributed by atoms with van der Waals surface area (Å²) in [4.78, 5) is 48.1. The first-order valence-electron chi connectivity index (χ1n) is 4.41. The molecule has 1 heterocycles. The molecule has 0 aromatic carbocycles. The van der Waals surface area contributed by atoms with E-state index in [1.165, 1.54) is 0 Å². The third-order valence-electron chi connectivity index (χ3n) is 1.23. The van der Waals surface area contributed by atoms with E-state index in [9.17, 15) is 19.2 Å². The van der Waals surface area contributed by atoms with Gasteiger partial charge < -0.3 is 5.32 Å². The summed E-state index contributed by atoms with van der Waals surface area (Å²) < 4.78 is 0. The van der Waals surface area contributed by atoms with E-state index < -0.39 is 18.0 Å². The van der Waals surface area contributed by atoms with Crippen LogP contribution in [0.1, 0.15) is 0 Å². The summed E-state index contributed by atoms with van der Waals surface area (Å²) in [5.74, 6) is -1.98. The minimum absolute atomic E-state index is 0.124. The normalized spacial score (nSPS) is 12.2. The lowest BCUT2D eigenvalue weighted by Crippen LogP contribution is -2.22. The molecule has 3 amide bonds. The fourth-order valence-corrected chi connectivity index (χ4v) is 0.528. The summed E-state index contributed by atoms with van der Waals surface area (Å²) in [6.07, 6.45) is 1.70. The molecule has 98 valence electrons. The fourth-order valence-electron chi connectivity index (χ4n) is 0.528. The molecule has 0 atom stereocenters. The van der Waals surface area contributed by atoms with Crippen molar-refractivity contribution in [3.63, 3.8) is 0 Å². The summed E-state index contributed by atoms with van der Waals surface area (Å²) in [6.45, 7) is 6.25. The number of nitrogens with one attached hydrogen (secondary N) is 2. The largest absolute Gasteiger partial charge is 0.369 e. The van der Waals surface area contributed by atoms with Crippen LogP contribution in [-0.2, 0) is 29.2 Å². The molecule has 0 spiro atoms. The summed E-state index contributed by atoms with van der Waals surface area (Å²) in [5, 5.41) is 7.99. The third kappa shape index (κ3) is 7.59. The summed E-state index contributed by atoms with van der Waals surface area (Å²) in [5.41, 5.74) is 0. The third-order valence-corrected chi connectivity index (χ3v) is 1.23. The highest BCUT2D eigenvalue weighted by atomic mass is 17.5. The average Bonchev–Trinajstić information content (AvgIpc) is 2.73. The van der Waals surface area contributed by atoms with Crippen molar-refractivity contribution in [1.29, 1.82) is 0 Å². The van der Waals surface area contributed by atoms with Gasteiger partial charge >= 0.3 is 18.0 Å². The van der Waals surface area contributed by atoms with E-state index >= 15 is 0 Å². The Bertz CT molecular complexity index is 343. The van der Waals surface area contributed by atoms with Crippen LogP contribution in [0.2, 0.25) is 0 Å². The predicted octanol–water partition coefficient (Wildman–Crippen LogP) is -0.883. The van der Waals surface area contributed by atoms with Gasteiger partial charge in [0.15, 0.2) is 0 Å². The van der Waals surface area contributed by atoms with Crippen LogP contribution in [-0.4, -0.2) is 30.4 Å². The Kier molecular flexibility index (Phi) is 7.21. The smallest absolute Gasteiger partial charge is 0.329 e. The maximum absolute atomic E-state index is 10.2. The van der Waals surface area contributed by atoms with Crippen LogP contribution in [0.5, 0.6) is 0 Å². The molecule has 0 aromatic heterocycles. The average molecular weight is 258 g/mol. The second-order valence-corrected chi connectivity index (χ2v) is 2.51. The van der Waals surface area contributed by atoms with E-state index in [2.05, 4.69) is 33.3 Å². The van der Waals surface area contributed by atoms with Crippen molar-refractivity contribution in [1.82, 2.24) is 10.6 Å². The van der Waals surface area contributed by atoms with Crippen LogP contribution in [0.25, 0.3) is 0 Å². The molecule has 0 radical (unpaired) electrons. The lowest BCUT2D eigenvalue weighted by atomic mass is 10.7. The molecule has 9 heteroatoms. The highest BCUT2D eigenvalue weighted by Gasteiger charge is 2.14. The monoisotopic (exact) mass is 258 g/mol. The molecule has 0 bridgehead atoms. The Balaban J connectivity index is 0.000000351. The van der Waals surface area contributed by atoms with E-state index in [0.29, 0.717) is 0 Å². The van der Waals surface area contributed by atoms with Crippen molar-refractivity contribution in [3.05, 3.63) is 25.3 Å². The van der Waals surface area contributed by atoms with Gasteiger partial charge in [-0.3, -0.25) is 19.9 Å². The van der Waals surface area contributed by atoms with E-state index in [0.717, 1.165) is 12.2 Å². The highest BCUT2D eigenvalue weighted by Crippen LogP contribution is 1.85. The quantitative estimate of drug-likeness (QED) is 0.290. The Morgan fingerprint density at radius 3 is 1.83 bits per heavy atom. The highest BCUT2D eigenvalue weighted by molar-refractivity contribution is 6.01. The Hall–Kier alpha value is -2.68. The van der Waals surface area contributed by atoms with Gasteiger partial charge in [0.1, 0.15) is 0 Å². The molecule has 1 saturated heterocycles. The van der Waals surface area contributed by atoms with Gasteiger partial charge in [-0.25, -0.2) is 14.4 Å². The maximum atomic E-state index is 10.2. The first-order chi connectivity index (χ1) is 8.49. The Labute approximate surface area is 101 Å². The zero-order valence-electron chi connectivity index (χ0n) is 9.13. The molecule has 1 aliphatic rings. The predicted molar refractivity (Wildman–Crippen MR) is 55.2 cm³/mol. The van der Waals surface area contributed by atoms with E-state index in [1.807, 2.05) is 5.32 Å². The van der Waals surface area contributed by atoms with Crippen LogP contribution in [0.3, 0.4) is 0 Å². The second kappa shape index (κ2) is 8.47. The molecule has 1 rings (SSSR count). The molecule has 0 aromatic rings. The van der Waals surface area contributed by atoms with Crippen LogP contribution in [0.4, 0.5) is 4.79 Å². The van der Waals surface area contributed by atoms with Crippen molar-refractivity contribution in [2.24, 2.45) is 0 Å². The minimum atomic E-state index is -0.859. The molecule has 1 aliphatic heterocycles. The maximum Gasteiger partial charge on any atom is 0.369 e. The van der Waals surface area contributed by atoms with Crippen LogP contribution in [0, 0.1) is 0 Å².